The van der Waals surface area contributed by atoms with Crippen LogP contribution >= 0.6 is 0 Å². The van der Waals surface area contributed by atoms with Gasteiger partial charge in [-0.1, -0.05) is 63.2 Å². The highest BCUT2D eigenvalue weighted by molar-refractivity contribution is 5.95. The second kappa shape index (κ2) is 6.78. The Hall–Kier alpha value is -2.13. The zero-order chi connectivity index (χ0) is 17.2. The molecule has 0 aliphatic carbocycles. The van der Waals surface area contributed by atoms with Crippen LogP contribution in [-0.2, 0) is 17.6 Å². The number of rotatable bonds is 3. The molecule has 1 aliphatic rings. The molecule has 1 unspecified atom stereocenters. The Morgan fingerprint density at radius 3 is 2.62 bits per heavy atom. The third-order valence-electron chi connectivity index (χ3n) is 4.59. The van der Waals surface area contributed by atoms with Crippen LogP contribution in [-0.4, -0.2) is 12.5 Å². The number of fused-ring (bicyclic) bond motifs is 1. The number of carbonyl (C=O) groups excluding carboxylic acids is 1. The molecule has 3 rings (SSSR count). The maximum atomic E-state index is 12.4. The van der Waals surface area contributed by atoms with Crippen LogP contribution < -0.4 is 10.6 Å². The van der Waals surface area contributed by atoms with E-state index in [1.165, 1.54) is 16.7 Å². The molecule has 3 nitrogen and oxygen atoms in total. The van der Waals surface area contributed by atoms with Crippen molar-refractivity contribution in [3.05, 3.63) is 65.2 Å². The number of amides is 1. The standard InChI is InChI=1S/C21H26N2O/c1-21(2,3)20(24)23-18-11-7-5-9-16(18)14-19-17-10-6-4-8-15(17)12-13-22-19/h4-11,19,22H,12-14H2,1-3H3,(H,23,24). The van der Waals surface area contributed by atoms with E-state index in [1.54, 1.807) is 0 Å². The zero-order valence-electron chi connectivity index (χ0n) is 14.7. The Bertz CT molecular complexity index is 731. The van der Waals surface area contributed by atoms with E-state index >= 15 is 0 Å². The van der Waals surface area contributed by atoms with Crippen molar-refractivity contribution >= 4 is 11.6 Å². The summed E-state index contributed by atoms with van der Waals surface area (Å²) in [5.74, 6) is 0.0481. The van der Waals surface area contributed by atoms with Gasteiger partial charge in [0.05, 0.1) is 0 Å². The molecule has 1 aliphatic heterocycles. The number of carbonyl (C=O) groups is 1. The van der Waals surface area contributed by atoms with Crippen molar-refractivity contribution in [2.45, 2.75) is 39.7 Å². The van der Waals surface area contributed by atoms with E-state index in [0.29, 0.717) is 6.04 Å². The van der Waals surface area contributed by atoms with Crippen LogP contribution in [0.5, 0.6) is 0 Å². The summed E-state index contributed by atoms with van der Waals surface area (Å²) in [6.45, 7) is 6.80. The van der Waals surface area contributed by atoms with E-state index in [-0.39, 0.29) is 5.91 Å². The van der Waals surface area contributed by atoms with Gasteiger partial charge in [0.1, 0.15) is 0 Å². The molecule has 24 heavy (non-hydrogen) atoms. The Kier molecular flexibility index (Phi) is 4.72. The fraction of sp³-hybridized carbons (Fsp3) is 0.381. The van der Waals surface area contributed by atoms with Crippen LogP contribution in [0.3, 0.4) is 0 Å². The van der Waals surface area contributed by atoms with Gasteiger partial charge in [0.2, 0.25) is 5.91 Å². The fourth-order valence-electron chi connectivity index (χ4n) is 3.12. The van der Waals surface area contributed by atoms with Gasteiger partial charge in [0, 0.05) is 17.1 Å². The maximum Gasteiger partial charge on any atom is 0.229 e. The molecule has 1 amide bonds. The van der Waals surface area contributed by atoms with Crippen molar-refractivity contribution in [1.82, 2.24) is 5.32 Å². The molecule has 1 atom stereocenters. The van der Waals surface area contributed by atoms with Gasteiger partial charge < -0.3 is 10.6 Å². The smallest absolute Gasteiger partial charge is 0.229 e. The number of hydrogen-bond donors (Lipinski definition) is 2. The highest BCUT2D eigenvalue weighted by Crippen LogP contribution is 2.29. The molecule has 0 aromatic heterocycles. The molecule has 0 bridgehead atoms. The molecule has 2 aromatic rings. The first-order valence-corrected chi connectivity index (χ1v) is 8.66. The quantitative estimate of drug-likeness (QED) is 0.893. The monoisotopic (exact) mass is 322 g/mol. The molecule has 1 heterocycles. The first kappa shape index (κ1) is 16.7. The van der Waals surface area contributed by atoms with Crippen molar-refractivity contribution in [2.24, 2.45) is 5.41 Å². The topological polar surface area (TPSA) is 41.1 Å². The number of hydrogen-bond acceptors (Lipinski definition) is 2. The molecule has 0 saturated heterocycles. The average molecular weight is 322 g/mol. The molecule has 0 radical (unpaired) electrons. The summed E-state index contributed by atoms with van der Waals surface area (Å²) in [5, 5.41) is 6.72. The SMILES string of the molecule is CC(C)(C)C(=O)Nc1ccccc1CC1NCCc2ccccc21. The predicted octanol–water partition coefficient (Wildman–Crippen LogP) is 4.10. The summed E-state index contributed by atoms with van der Waals surface area (Å²) in [4.78, 5) is 12.4. The summed E-state index contributed by atoms with van der Waals surface area (Å²) in [6.07, 6.45) is 1.95. The number of para-hydroxylation sites is 1. The van der Waals surface area contributed by atoms with E-state index in [4.69, 9.17) is 0 Å². The highest BCUT2D eigenvalue weighted by Gasteiger charge is 2.24. The van der Waals surface area contributed by atoms with Crippen molar-refractivity contribution in [1.29, 1.82) is 0 Å². The summed E-state index contributed by atoms with van der Waals surface area (Å²) < 4.78 is 0. The molecule has 126 valence electrons. The Balaban J connectivity index is 1.83. The van der Waals surface area contributed by atoms with Crippen molar-refractivity contribution in [3.8, 4) is 0 Å². The molecule has 2 aromatic carbocycles. The van der Waals surface area contributed by atoms with Crippen LogP contribution in [0, 0.1) is 5.41 Å². The van der Waals surface area contributed by atoms with Gasteiger partial charge in [0.25, 0.3) is 0 Å². The molecular formula is C21H26N2O. The van der Waals surface area contributed by atoms with Crippen LogP contribution in [0.1, 0.15) is 43.5 Å². The minimum atomic E-state index is -0.400. The normalized spacial score (nSPS) is 17.2. The first-order chi connectivity index (χ1) is 11.4. The van der Waals surface area contributed by atoms with E-state index in [2.05, 4.69) is 41.0 Å². The number of benzene rings is 2. The fourth-order valence-corrected chi connectivity index (χ4v) is 3.12. The second-order valence-corrected chi connectivity index (χ2v) is 7.52. The van der Waals surface area contributed by atoms with Gasteiger partial charge >= 0.3 is 0 Å². The lowest BCUT2D eigenvalue weighted by Gasteiger charge is -2.28. The summed E-state index contributed by atoms with van der Waals surface area (Å²) in [7, 11) is 0. The van der Waals surface area contributed by atoms with Crippen molar-refractivity contribution in [3.63, 3.8) is 0 Å². The van der Waals surface area contributed by atoms with E-state index in [9.17, 15) is 4.79 Å². The van der Waals surface area contributed by atoms with Gasteiger partial charge in [-0.15, -0.1) is 0 Å². The van der Waals surface area contributed by atoms with Crippen LogP contribution in [0.2, 0.25) is 0 Å². The van der Waals surface area contributed by atoms with Crippen LogP contribution in [0.25, 0.3) is 0 Å². The maximum absolute atomic E-state index is 12.4. The lowest BCUT2D eigenvalue weighted by molar-refractivity contribution is -0.123. The van der Waals surface area contributed by atoms with Gasteiger partial charge in [-0.2, -0.15) is 0 Å². The molecule has 3 heteroatoms. The van der Waals surface area contributed by atoms with Gasteiger partial charge in [-0.05, 0) is 42.1 Å². The molecule has 0 spiro atoms. The minimum Gasteiger partial charge on any atom is -0.325 e. The van der Waals surface area contributed by atoms with E-state index < -0.39 is 5.41 Å². The molecular weight excluding hydrogens is 296 g/mol. The second-order valence-electron chi connectivity index (χ2n) is 7.52. The summed E-state index contributed by atoms with van der Waals surface area (Å²) >= 11 is 0. The number of nitrogens with one attached hydrogen (secondary N) is 2. The summed E-state index contributed by atoms with van der Waals surface area (Å²) in [5.41, 5.74) is 4.49. The number of anilines is 1. The third kappa shape index (κ3) is 3.68. The molecule has 0 saturated carbocycles. The first-order valence-electron chi connectivity index (χ1n) is 8.66. The lowest BCUT2D eigenvalue weighted by atomic mass is 9.89. The van der Waals surface area contributed by atoms with Crippen LogP contribution in [0.4, 0.5) is 5.69 Å². The van der Waals surface area contributed by atoms with E-state index in [1.807, 2.05) is 39.0 Å². The minimum absolute atomic E-state index is 0.0481. The van der Waals surface area contributed by atoms with Gasteiger partial charge in [-0.25, -0.2) is 0 Å². The molecule has 2 N–H and O–H groups in total. The lowest BCUT2D eigenvalue weighted by Crippen LogP contribution is -2.32. The van der Waals surface area contributed by atoms with Crippen LogP contribution in [0.15, 0.2) is 48.5 Å². The van der Waals surface area contributed by atoms with Gasteiger partial charge in [0.15, 0.2) is 0 Å². The zero-order valence-corrected chi connectivity index (χ0v) is 14.7. The Morgan fingerprint density at radius 2 is 1.83 bits per heavy atom. The third-order valence-corrected chi connectivity index (χ3v) is 4.59. The predicted molar refractivity (Wildman–Crippen MR) is 99.1 cm³/mol. The average Bonchev–Trinajstić information content (AvgIpc) is 2.56. The molecule has 0 fully saturated rings. The highest BCUT2D eigenvalue weighted by atomic mass is 16.2. The Labute approximate surface area is 144 Å². The Morgan fingerprint density at radius 1 is 1.12 bits per heavy atom. The van der Waals surface area contributed by atoms with E-state index in [0.717, 1.165) is 25.1 Å². The van der Waals surface area contributed by atoms with Crippen molar-refractivity contribution in [2.75, 3.05) is 11.9 Å². The summed E-state index contributed by atoms with van der Waals surface area (Å²) in [6, 6.07) is 17.1. The largest absolute Gasteiger partial charge is 0.325 e. The van der Waals surface area contributed by atoms with Gasteiger partial charge in [-0.3, -0.25) is 4.79 Å². The van der Waals surface area contributed by atoms with Crippen molar-refractivity contribution < 1.29 is 4.79 Å².